The number of fused-ring (bicyclic) bond motifs is 3. The van der Waals surface area contributed by atoms with Crippen molar-refractivity contribution in [1.82, 2.24) is 9.55 Å². The summed E-state index contributed by atoms with van der Waals surface area (Å²) in [6.45, 7) is 4.52. The van der Waals surface area contributed by atoms with Crippen LogP contribution in [0.3, 0.4) is 0 Å². The number of hydrogen-bond acceptors (Lipinski definition) is 4. The molecule has 1 amide bonds. The molecule has 30 heavy (non-hydrogen) atoms. The van der Waals surface area contributed by atoms with E-state index in [1.807, 2.05) is 41.0 Å². The minimum atomic E-state index is -0.993. The summed E-state index contributed by atoms with van der Waals surface area (Å²) >= 11 is 6.10. The maximum atomic E-state index is 13.6. The number of rotatable bonds is 6. The zero-order valence-corrected chi connectivity index (χ0v) is 17.8. The number of esters is 1. The van der Waals surface area contributed by atoms with Crippen molar-refractivity contribution in [2.75, 3.05) is 18.1 Å². The molecule has 156 valence electrons. The average molecular weight is 426 g/mol. The molecule has 0 saturated carbocycles. The predicted octanol–water partition coefficient (Wildman–Crippen LogP) is 4.61. The van der Waals surface area contributed by atoms with Gasteiger partial charge < -0.3 is 9.30 Å². The Kier molecular flexibility index (Phi) is 5.77. The summed E-state index contributed by atoms with van der Waals surface area (Å²) in [5.74, 6) is -1.22. The zero-order chi connectivity index (χ0) is 21.3. The number of amides is 1. The van der Waals surface area contributed by atoms with Gasteiger partial charge in [-0.25, -0.2) is 4.98 Å². The first kappa shape index (κ1) is 20.4. The number of halogens is 1. The molecule has 2 heterocycles. The third-order valence-electron chi connectivity index (χ3n) is 5.43. The van der Waals surface area contributed by atoms with Gasteiger partial charge in [-0.1, -0.05) is 49.2 Å². The normalized spacial score (nSPS) is 18.5. The molecule has 0 bridgehead atoms. The second kappa shape index (κ2) is 8.48. The Labute approximate surface area is 180 Å². The van der Waals surface area contributed by atoms with Crippen LogP contribution in [0.25, 0.3) is 11.0 Å². The average Bonchev–Trinajstić information content (AvgIpc) is 3.12. The number of nitrogens with zero attached hydrogens (tertiary/aromatic N) is 3. The molecule has 0 unspecified atom stereocenters. The molecule has 3 aromatic rings. The van der Waals surface area contributed by atoms with Gasteiger partial charge in [0.15, 0.2) is 5.92 Å². The fourth-order valence-corrected chi connectivity index (χ4v) is 4.16. The van der Waals surface area contributed by atoms with Crippen LogP contribution in [0.15, 0.2) is 48.5 Å². The number of carbonyl (C=O) groups is 2. The van der Waals surface area contributed by atoms with E-state index in [-0.39, 0.29) is 12.5 Å². The van der Waals surface area contributed by atoms with Gasteiger partial charge in [0.1, 0.15) is 0 Å². The Bertz CT molecular complexity index is 1080. The summed E-state index contributed by atoms with van der Waals surface area (Å²) in [6.07, 6.45) is 1.74. The maximum absolute atomic E-state index is 13.6. The van der Waals surface area contributed by atoms with Gasteiger partial charge in [0.2, 0.25) is 11.9 Å². The second-order valence-electron chi connectivity index (χ2n) is 7.34. The van der Waals surface area contributed by atoms with Gasteiger partial charge in [-0.2, -0.15) is 0 Å². The minimum Gasteiger partial charge on any atom is -0.465 e. The van der Waals surface area contributed by atoms with Gasteiger partial charge in [0.25, 0.3) is 0 Å². The van der Waals surface area contributed by atoms with Gasteiger partial charge in [0.05, 0.1) is 23.7 Å². The van der Waals surface area contributed by atoms with Crippen LogP contribution in [-0.4, -0.2) is 34.6 Å². The highest BCUT2D eigenvalue weighted by Gasteiger charge is 2.47. The van der Waals surface area contributed by atoms with E-state index < -0.39 is 17.9 Å². The predicted molar refractivity (Wildman–Crippen MR) is 117 cm³/mol. The van der Waals surface area contributed by atoms with Gasteiger partial charge in [0, 0.05) is 11.6 Å². The number of anilines is 1. The smallest absolute Gasteiger partial charge is 0.321 e. The first-order valence-corrected chi connectivity index (χ1v) is 10.6. The molecule has 2 atom stereocenters. The summed E-state index contributed by atoms with van der Waals surface area (Å²) in [4.78, 5) is 33.0. The van der Waals surface area contributed by atoms with Crippen molar-refractivity contribution in [1.29, 1.82) is 0 Å². The van der Waals surface area contributed by atoms with Gasteiger partial charge in [-0.15, -0.1) is 0 Å². The van der Waals surface area contributed by atoms with E-state index in [0.29, 0.717) is 17.5 Å². The number of imidazole rings is 1. The van der Waals surface area contributed by atoms with Crippen molar-refractivity contribution in [2.45, 2.75) is 32.7 Å². The quantitative estimate of drug-likeness (QED) is 0.427. The van der Waals surface area contributed by atoms with E-state index in [1.165, 1.54) is 0 Å². The molecule has 1 aliphatic heterocycles. The summed E-state index contributed by atoms with van der Waals surface area (Å²) in [6, 6.07) is 14.4. The fourth-order valence-electron chi connectivity index (χ4n) is 4.04. The number of unbranched alkanes of at least 4 members (excludes halogenated alkanes) is 1. The third-order valence-corrected chi connectivity index (χ3v) is 5.68. The molecular formula is C23H24ClN3O3. The van der Waals surface area contributed by atoms with E-state index in [1.54, 1.807) is 24.0 Å². The van der Waals surface area contributed by atoms with Crippen LogP contribution < -0.4 is 4.90 Å². The Hall–Kier alpha value is -2.86. The Morgan fingerprint density at radius 1 is 1.13 bits per heavy atom. The summed E-state index contributed by atoms with van der Waals surface area (Å²) in [5.41, 5.74) is 2.46. The standard InChI is InChI=1S/C23H24ClN3O3/c1-3-5-14-26-21(28)19(22(29)30-4-2)20(15-10-12-16(24)13-11-15)27-18-9-7-6-8-17(18)25-23(26)27/h6-13,19-20H,3-5,14H2,1-2H3/t19-,20-/m1/s1. The fraction of sp³-hybridized carbons (Fsp3) is 0.348. The van der Waals surface area contributed by atoms with Crippen molar-refractivity contribution >= 4 is 40.5 Å². The van der Waals surface area contributed by atoms with Crippen molar-refractivity contribution in [3.8, 4) is 0 Å². The molecule has 0 N–H and O–H groups in total. The third kappa shape index (κ3) is 3.45. The molecular weight excluding hydrogens is 402 g/mol. The number of hydrogen-bond donors (Lipinski definition) is 0. The molecule has 0 radical (unpaired) electrons. The van der Waals surface area contributed by atoms with E-state index >= 15 is 0 Å². The van der Waals surface area contributed by atoms with Crippen LogP contribution in [0.2, 0.25) is 5.02 Å². The molecule has 4 rings (SSSR count). The van der Waals surface area contributed by atoms with E-state index in [0.717, 1.165) is 29.4 Å². The maximum Gasteiger partial charge on any atom is 0.321 e. The highest BCUT2D eigenvalue weighted by Crippen LogP contribution is 2.41. The van der Waals surface area contributed by atoms with Crippen molar-refractivity contribution in [3.63, 3.8) is 0 Å². The van der Waals surface area contributed by atoms with Crippen molar-refractivity contribution in [3.05, 3.63) is 59.1 Å². The van der Waals surface area contributed by atoms with Crippen molar-refractivity contribution in [2.24, 2.45) is 5.92 Å². The molecule has 1 aromatic heterocycles. The summed E-state index contributed by atoms with van der Waals surface area (Å²) < 4.78 is 7.33. The van der Waals surface area contributed by atoms with Crippen LogP contribution in [-0.2, 0) is 14.3 Å². The largest absolute Gasteiger partial charge is 0.465 e. The highest BCUT2D eigenvalue weighted by molar-refractivity contribution is 6.30. The number of benzene rings is 2. The van der Waals surface area contributed by atoms with Gasteiger partial charge in [-0.05, 0) is 43.2 Å². The van der Waals surface area contributed by atoms with Crippen LogP contribution in [0.1, 0.15) is 38.3 Å². The molecule has 6 nitrogen and oxygen atoms in total. The molecule has 1 aliphatic rings. The molecule has 7 heteroatoms. The number of ether oxygens (including phenoxy) is 1. The zero-order valence-electron chi connectivity index (χ0n) is 17.0. The van der Waals surface area contributed by atoms with E-state index in [2.05, 4.69) is 6.92 Å². The Morgan fingerprint density at radius 2 is 1.87 bits per heavy atom. The SMILES string of the molecule is CCCCN1C(=O)[C@H](C(=O)OCC)[C@@H](c2ccc(Cl)cc2)n2c1nc1ccccc12. The summed E-state index contributed by atoms with van der Waals surface area (Å²) in [7, 11) is 0. The van der Waals surface area contributed by atoms with Crippen LogP contribution >= 0.6 is 11.6 Å². The first-order valence-electron chi connectivity index (χ1n) is 10.3. The lowest BCUT2D eigenvalue weighted by molar-refractivity contribution is -0.153. The lowest BCUT2D eigenvalue weighted by Crippen LogP contribution is -2.50. The minimum absolute atomic E-state index is 0.211. The molecule has 0 spiro atoms. The van der Waals surface area contributed by atoms with Gasteiger partial charge >= 0.3 is 5.97 Å². The second-order valence-corrected chi connectivity index (χ2v) is 7.78. The van der Waals surface area contributed by atoms with Crippen molar-refractivity contribution < 1.29 is 14.3 Å². The lowest BCUT2D eigenvalue weighted by atomic mass is 9.89. The molecule has 0 aliphatic carbocycles. The molecule has 0 saturated heterocycles. The topological polar surface area (TPSA) is 64.4 Å². The van der Waals surface area contributed by atoms with Crippen LogP contribution in [0.5, 0.6) is 0 Å². The molecule has 2 aromatic carbocycles. The number of para-hydroxylation sites is 2. The van der Waals surface area contributed by atoms with E-state index in [9.17, 15) is 9.59 Å². The Morgan fingerprint density at radius 3 is 2.57 bits per heavy atom. The number of carbonyl (C=O) groups excluding carboxylic acids is 2. The monoisotopic (exact) mass is 425 g/mol. The van der Waals surface area contributed by atoms with Crippen LogP contribution in [0.4, 0.5) is 5.95 Å². The lowest BCUT2D eigenvalue weighted by Gasteiger charge is -2.38. The number of aromatic nitrogens is 2. The highest BCUT2D eigenvalue weighted by atomic mass is 35.5. The molecule has 0 fully saturated rings. The first-order chi connectivity index (χ1) is 14.6. The summed E-state index contributed by atoms with van der Waals surface area (Å²) in [5, 5.41) is 0.592. The van der Waals surface area contributed by atoms with Crippen LogP contribution in [0, 0.1) is 5.92 Å². The van der Waals surface area contributed by atoms with Gasteiger partial charge in [-0.3, -0.25) is 14.5 Å². The Balaban J connectivity index is 1.97. The van der Waals surface area contributed by atoms with E-state index in [4.69, 9.17) is 21.3 Å².